The summed E-state index contributed by atoms with van der Waals surface area (Å²) in [7, 11) is -3.19. The minimum atomic E-state index is -3.19. The molecule has 0 atom stereocenters. The topological polar surface area (TPSA) is 92.5 Å². The van der Waals surface area contributed by atoms with Crippen molar-refractivity contribution in [3.8, 4) is 10.8 Å². The van der Waals surface area contributed by atoms with E-state index in [2.05, 4.69) is 15.2 Å². The molecule has 0 bridgehead atoms. The molecule has 1 aliphatic rings. The Hall–Kier alpha value is -2.65. The van der Waals surface area contributed by atoms with Crippen LogP contribution >= 0.6 is 11.3 Å². The molecule has 31 heavy (non-hydrogen) atoms. The molecule has 3 heterocycles. The highest BCUT2D eigenvalue weighted by atomic mass is 32.2. The van der Waals surface area contributed by atoms with Gasteiger partial charge in [0.25, 0.3) is 5.91 Å². The molecule has 0 unspecified atom stereocenters. The smallest absolute Gasteiger partial charge is 0.273 e. The average molecular weight is 460 g/mol. The van der Waals surface area contributed by atoms with Crippen LogP contribution in [0.5, 0.6) is 0 Å². The second-order valence-corrected chi connectivity index (χ2v) is 10.8. The predicted molar refractivity (Wildman–Crippen MR) is 121 cm³/mol. The molecule has 0 radical (unpaired) electrons. The molecule has 3 aromatic rings. The number of benzene rings is 1. The Kier molecular flexibility index (Phi) is 6.15. The third-order valence-electron chi connectivity index (χ3n) is 5.51. The van der Waals surface area contributed by atoms with Gasteiger partial charge in [0.2, 0.25) is 5.89 Å². The van der Waals surface area contributed by atoms with E-state index < -0.39 is 9.84 Å². The van der Waals surface area contributed by atoms with Gasteiger partial charge in [-0.05, 0) is 55.5 Å². The Balaban J connectivity index is 1.35. The second-order valence-electron chi connectivity index (χ2n) is 7.53. The number of hydrogen-bond acceptors (Lipinski definition) is 7. The van der Waals surface area contributed by atoms with Crippen LogP contribution in [0.2, 0.25) is 0 Å². The number of oxazole rings is 1. The van der Waals surface area contributed by atoms with Crippen molar-refractivity contribution in [2.24, 2.45) is 0 Å². The number of nitrogens with zero attached hydrogens (tertiary/aromatic N) is 2. The number of aromatic nitrogens is 1. The summed E-state index contributed by atoms with van der Waals surface area (Å²) in [4.78, 5) is 20.6. The van der Waals surface area contributed by atoms with E-state index in [9.17, 15) is 13.2 Å². The molecule has 1 aromatic carbocycles. The van der Waals surface area contributed by atoms with E-state index in [4.69, 9.17) is 4.42 Å². The number of anilines is 1. The van der Waals surface area contributed by atoms with Crippen molar-refractivity contribution in [1.82, 2.24) is 10.3 Å². The van der Waals surface area contributed by atoms with E-state index >= 15 is 0 Å². The third kappa shape index (κ3) is 4.67. The number of amides is 1. The van der Waals surface area contributed by atoms with E-state index in [0.29, 0.717) is 22.2 Å². The van der Waals surface area contributed by atoms with Gasteiger partial charge < -0.3 is 14.6 Å². The van der Waals surface area contributed by atoms with Crippen molar-refractivity contribution in [2.75, 3.05) is 23.7 Å². The summed E-state index contributed by atoms with van der Waals surface area (Å²) < 4.78 is 29.6. The molecule has 1 aliphatic heterocycles. The molecule has 1 fully saturated rings. The zero-order valence-electron chi connectivity index (χ0n) is 17.5. The first kappa shape index (κ1) is 21.6. The fourth-order valence-electron chi connectivity index (χ4n) is 3.68. The molecule has 0 saturated carbocycles. The van der Waals surface area contributed by atoms with Crippen LogP contribution in [0.4, 0.5) is 5.69 Å². The number of hydrogen-bond donors (Lipinski definition) is 1. The van der Waals surface area contributed by atoms with Crippen molar-refractivity contribution in [3.05, 3.63) is 53.2 Å². The van der Waals surface area contributed by atoms with Gasteiger partial charge in [-0.1, -0.05) is 13.0 Å². The Morgan fingerprint density at radius 2 is 1.94 bits per heavy atom. The summed E-state index contributed by atoms with van der Waals surface area (Å²) in [5.41, 5.74) is 1.33. The molecule has 7 nitrogen and oxygen atoms in total. The number of rotatable bonds is 6. The number of carbonyl (C=O) groups excluding carboxylic acids is 1. The van der Waals surface area contributed by atoms with Gasteiger partial charge in [0, 0.05) is 24.8 Å². The van der Waals surface area contributed by atoms with Crippen LogP contribution in [0.25, 0.3) is 10.8 Å². The summed E-state index contributed by atoms with van der Waals surface area (Å²) in [5, 5.41) is 5.02. The Labute approximate surface area is 186 Å². The fraction of sp³-hybridized carbons (Fsp3) is 0.364. The van der Waals surface area contributed by atoms with Crippen LogP contribution in [0, 0.1) is 6.92 Å². The fourth-order valence-corrected chi connectivity index (χ4v) is 5.21. The van der Waals surface area contributed by atoms with Gasteiger partial charge in [-0.2, -0.15) is 0 Å². The Bertz CT molecular complexity index is 1140. The molecule has 4 rings (SSSR count). The monoisotopic (exact) mass is 459 g/mol. The van der Waals surface area contributed by atoms with Crippen LogP contribution in [0.15, 0.2) is 51.1 Å². The van der Waals surface area contributed by atoms with E-state index in [0.717, 1.165) is 36.5 Å². The zero-order valence-corrected chi connectivity index (χ0v) is 19.1. The normalized spacial score (nSPS) is 15.2. The lowest BCUT2D eigenvalue weighted by Crippen LogP contribution is -2.45. The van der Waals surface area contributed by atoms with E-state index in [1.165, 1.54) is 11.3 Å². The van der Waals surface area contributed by atoms with Crippen molar-refractivity contribution in [3.63, 3.8) is 0 Å². The van der Waals surface area contributed by atoms with Crippen LogP contribution in [0.3, 0.4) is 0 Å². The largest absolute Gasteiger partial charge is 0.440 e. The first-order valence-corrected chi connectivity index (χ1v) is 12.8. The molecule has 1 saturated heterocycles. The lowest BCUT2D eigenvalue weighted by Gasteiger charge is -2.34. The minimum absolute atomic E-state index is 0.0600. The summed E-state index contributed by atoms with van der Waals surface area (Å²) in [6, 6.07) is 10.9. The highest BCUT2D eigenvalue weighted by Crippen LogP contribution is 2.26. The average Bonchev–Trinajstić information content (AvgIpc) is 3.44. The highest BCUT2D eigenvalue weighted by Gasteiger charge is 2.25. The van der Waals surface area contributed by atoms with Gasteiger partial charge in [0.05, 0.1) is 15.5 Å². The molecule has 0 aliphatic carbocycles. The maximum absolute atomic E-state index is 12.7. The summed E-state index contributed by atoms with van der Waals surface area (Å²) in [6.45, 7) is 4.96. The van der Waals surface area contributed by atoms with Crippen LogP contribution < -0.4 is 10.2 Å². The Morgan fingerprint density at radius 1 is 1.23 bits per heavy atom. The molecule has 1 N–H and O–H groups in total. The standard InChI is InChI=1S/C22H25N3O4S2/c1-3-31(27,28)18-8-6-17(7-9-18)25-12-10-16(11-13-25)23-21(26)20-15(2)29-22(24-20)19-5-4-14-30-19/h4-9,14,16H,3,10-13H2,1-2H3,(H,23,26). The first-order valence-electron chi connectivity index (χ1n) is 10.3. The maximum Gasteiger partial charge on any atom is 0.273 e. The van der Waals surface area contributed by atoms with Crippen molar-refractivity contribution >= 4 is 32.8 Å². The maximum atomic E-state index is 12.7. The summed E-state index contributed by atoms with van der Waals surface area (Å²) >= 11 is 1.52. The zero-order chi connectivity index (χ0) is 22.0. The summed E-state index contributed by atoms with van der Waals surface area (Å²) in [6.07, 6.45) is 1.60. The lowest BCUT2D eigenvalue weighted by atomic mass is 10.0. The van der Waals surface area contributed by atoms with Crippen molar-refractivity contribution in [1.29, 1.82) is 0 Å². The van der Waals surface area contributed by atoms with E-state index in [1.54, 1.807) is 26.0 Å². The first-order chi connectivity index (χ1) is 14.9. The SMILES string of the molecule is CCS(=O)(=O)c1ccc(N2CCC(NC(=O)c3nc(-c4cccs4)oc3C)CC2)cc1. The lowest BCUT2D eigenvalue weighted by molar-refractivity contribution is 0.0925. The summed E-state index contributed by atoms with van der Waals surface area (Å²) in [5.74, 6) is 0.871. The number of nitrogens with one attached hydrogen (secondary N) is 1. The molecule has 9 heteroatoms. The molecule has 1 amide bonds. The second kappa shape index (κ2) is 8.84. The van der Waals surface area contributed by atoms with Crippen LogP contribution in [0.1, 0.15) is 36.0 Å². The van der Waals surface area contributed by atoms with Crippen molar-refractivity contribution < 1.29 is 17.6 Å². The quantitative estimate of drug-likeness (QED) is 0.601. The van der Waals surface area contributed by atoms with Gasteiger partial charge in [0.15, 0.2) is 15.5 Å². The van der Waals surface area contributed by atoms with Gasteiger partial charge in [0.1, 0.15) is 5.76 Å². The molecule has 164 valence electrons. The minimum Gasteiger partial charge on any atom is -0.440 e. The van der Waals surface area contributed by atoms with Gasteiger partial charge in [-0.3, -0.25) is 4.79 Å². The number of piperidine rings is 1. The van der Waals surface area contributed by atoms with Crippen molar-refractivity contribution in [2.45, 2.75) is 37.6 Å². The van der Waals surface area contributed by atoms with Crippen LogP contribution in [-0.4, -0.2) is 44.2 Å². The number of sulfone groups is 1. The van der Waals surface area contributed by atoms with Gasteiger partial charge >= 0.3 is 0 Å². The van der Waals surface area contributed by atoms with E-state index in [1.807, 2.05) is 29.6 Å². The third-order valence-corrected chi connectivity index (χ3v) is 8.12. The predicted octanol–water partition coefficient (Wildman–Crippen LogP) is 3.90. The van der Waals surface area contributed by atoms with E-state index in [-0.39, 0.29) is 17.7 Å². The van der Waals surface area contributed by atoms with Gasteiger partial charge in [-0.15, -0.1) is 11.3 Å². The highest BCUT2D eigenvalue weighted by molar-refractivity contribution is 7.91. The number of thiophene rings is 1. The van der Waals surface area contributed by atoms with Crippen LogP contribution in [-0.2, 0) is 9.84 Å². The molecular formula is C22H25N3O4S2. The molecule has 2 aromatic heterocycles. The van der Waals surface area contributed by atoms with Gasteiger partial charge in [-0.25, -0.2) is 13.4 Å². The molecular weight excluding hydrogens is 434 g/mol. The Morgan fingerprint density at radius 3 is 2.55 bits per heavy atom. The molecule has 0 spiro atoms. The number of carbonyl (C=O) groups is 1. The number of aryl methyl sites for hydroxylation is 1.